The van der Waals surface area contributed by atoms with Gasteiger partial charge < -0.3 is 24.7 Å². The fourth-order valence-electron chi connectivity index (χ4n) is 6.82. The summed E-state index contributed by atoms with van der Waals surface area (Å²) in [5, 5.41) is 22.4. The molecule has 3 aromatic carbocycles. The van der Waals surface area contributed by atoms with Crippen molar-refractivity contribution >= 4 is 34.4 Å². The maximum atomic E-state index is 13.6. The number of hydrogen-bond acceptors (Lipinski definition) is 9. The Balaban J connectivity index is 0.925. The number of likely N-dealkylation sites (tertiary alicyclic amines) is 2. The van der Waals surface area contributed by atoms with E-state index in [1.165, 1.54) is 24.8 Å². The number of rotatable bonds is 10. The third-order valence-corrected chi connectivity index (χ3v) is 9.64. The molecule has 0 spiro atoms. The number of nitrogens with zero attached hydrogens (tertiary/aromatic N) is 5. The lowest BCUT2D eigenvalue weighted by Crippen LogP contribution is -2.48. The number of piperidine rings is 1. The van der Waals surface area contributed by atoms with Crippen molar-refractivity contribution in [3.05, 3.63) is 78.1 Å². The Labute approximate surface area is 283 Å². The van der Waals surface area contributed by atoms with E-state index in [0.717, 1.165) is 34.9 Å². The Morgan fingerprint density at radius 2 is 1.78 bits per heavy atom. The first-order chi connectivity index (χ1) is 23.8. The number of aromatic nitrogens is 4. The zero-order valence-corrected chi connectivity index (χ0v) is 27.5. The molecule has 0 bridgehead atoms. The van der Waals surface area contributed by atoms with Gasteiger partial charge >= 0.3 is 6.01 Å². The largest absolute Gasteiger partial charge is 0.403 e. The highest BCUT2D eigenvalue weighted by Crippen LogP contribution is 2.33. The highest BCUT2D eigenvalue weighted by molar-refractivity contribution is 6.01. The van der Waals surface area contributed by atoms with E-state index in [0.29, 0.717) is 68.3 Å². The molecule has 0 unspecified atom stereocenters. The number of nitrogens with one attached hydrogen (secondary N) is 3. The van der Waals surface area contributed by atoms with Crippen LogP contribution in [0.3, 0.4) is 0 Å². The number of methoxy groups -OCH3 is 1. The van der Waals surface area contributed by atoms with Gasteiger partial charge in [-0.15, -0.1) is 5.10 Å². The van der Waals surface area contributed by atoms with Gasteiger partial charge in [-0.25, -0.2) is 4.39 Å². The van der Waals surface area contributed by atoms with Crippen LogP contribution in [0.15, 0.2) is 71.1 Å². The Morgan fingerprint density at radius 1 is 1.02 bits per heavy atom. The van der Waals surface area contributed by atoms with Gasteiger partial charge in [-0.1, -0.05) is 17.2 Å². The van der Waals surface area contributed by atoms with E-state index in [-0.39, 0.29) is 24.2 Å². The van der Waals surface area contributed by atoms with Gasteiger partial charge in [0, 0.05) is 62.0 Å². The van der Waals surface area contributed by atoms with E-state index in [1.807, 2.05) is 41.0 Å². The first-order valence-corrected chi connectivity index (χ1v) is 16.6. The van der Waals surface area contributed by atoms with Crippen LogP contribution in [0.2, 0.25) is 0 Å². The molecule has 1 atom stereocenters. The van der Waals surface area contributed by atoms with E-state index in [9.17, 15) is 14.0 Å². The van der Waals surface area contributed by atoms with Crippen LogP contribution in [-0.4, -0.2) is 94.0 Å². The van der Waals surface area contributed by atoms with Crippen molar-refractivity contribution < 1.29 is 23.1 Å². The van der Waals surface area contributed by atoms with Crippen molar-refractivity contribution in [2.45, 2.75) is 37.7 Å². The number of carbonyl (C=O) groups is 2. The SMILES string of the molecule is CCNc1nnc(-c2ccc(C3CCN(C(=O)CN4CC[C@@](OC)(C(=O)Nc5ccc6[nH]nc(-c7ccc(F)cc7)c6c5)C4)CC3)cc2)o1. The predicted octanol–water partition coefficient (Wildman–Crippen LogP) is 5.29. The lowest BCUT2D eigenvalue weighted by molar-refractivity contribution is -0.138. The number of carbonyl (C=O) groups excluding carboxylic acids is 2. The van der Waals surface area contributed by atoms with Crippen molar-refractivity contribution in [2.24, 2.45) is 0 Å². The number of H-pyrrole nitrogens is 1. The quantitative estimate of drug-likeness (QED) is 0.181. The highest BCUT2D eigenvalue weighted by Gasteiger charge is 2.45. The molecule has 2 fully saturated rings. The molecule has 7 rings (SSSR count). The second-order valence-electron chi connectivity index (χ2n) is 12.7. The Hall–Kier alpha value is -5.14. The van der Waals surface area contributed by atoms with Crippen molar-refractivity contribution in [3.63, 3.8) is 0 Å². The van der Waals surface area contributed by atoms with Gasteiger partial charge in [0.1, 0.15) is 5.82 Å². The molecule has 2 aliphatic heterocycles. The molecule has 2 saturated heterocycles. The normalized spacial score (nSPS) is 18.6. The van der Waals surface area contributed by atoms with E-state index in [1.54, 1.807) is 18.2 Å². The maximum absolute atomic E-state index is 13.6. The molecule has 4 heterocycles. The lowest BCUT2D eigenvalue weighted by Gasteiger charge is -2.33. The number of amides is 2. The topological polar surface area (TPSA) is 142 Å². The van der Waals surface area contributed by atoms with Crippen LogP contribution in [0.1, 0.15) is 37.7 Å². The minimum atomic E-state index is -1.08. The summed E-state index contributed by atoms with van der Waals surface area (Å²) in [5.74, 6) is 0.321. The van der Waals surface area contributed by atoms with Gasteiger partial charge in [-0.3, -0.25) is 19.6 Å². The van der Waals surface area contributed by atoms with Crippen LogP contribution >= 0.6 is 0 Å². The Morgan fingerprint density at radius 3 is 2.51 bits per heavy atom. The zero-order chi connectivity index (χ0) is 34.0. The number of aromatic amines is 1. The summed E-state index contributed by atoms with van der Waals surface area (Å²) in [4.78, 5) is 30.9. The third kappa shape index (κ3) is 6.76. The summed E-state index contributed by atoms with van der Waals surface area (Å²) in [6.07, 6.45) is 2.23. The monoisotopic (exact) mass is 666 g/mol. The second-order valence-corrected chi connectivity index (χ2v) is 12.7. The molecule has 3 N–H and O–H groups in total. The molecule has 0 saturated carbocycles. The number of fused-ring (bicyclic) bond motifs is 1. The third-order valence-electron chi connectivity index (χ3n) is 9.64. The predicted molar refractivity (Wildman–Crippen MR) is 183 cm³/mol. The molecule has 2 amide bonds. The van der Waals surface area contributed by atoms with E-state index in [2.05, 4.69) is 43.2 Å². The zero-order valence-electron chi connectivity index (χ0n) is 27.5. The van der Waals surface area contributed by atoms with Crippen LogP contribution in [0.25, 0.3) is 33.6 Å². The summed E-state index contributed by atoms with van der Waals surface area (Å²) in [7, 11) is 1.54. The molecule has 12 nitrogen and oxygen atoms in total. The molecule has 254 valence electrons. The van der Waals surface area contributed by atoms with Gasteiger partial charge in [0.15, 0.2) is 5.60 Å². The molecular weight excluding hydrogens is 627 g/mol. The van der Waals surface area contributed by atoms with E-state index < -0.39 is 5.60 Å². The molecule has 0 radical (unpaired) electrons. The first kappa shape index (κ1) is 32.4. The molecular formula is C36H39FN8O4. The molecule has 2 aliphatic rings. The summed E-state index contributed by atoms with van der Waals surface area (Å²) in [6.45, 7) is 5.16. The van der Waals surface area contributed by atoms with Gasteiger partial charge in [0.2, 0.25) is 11.8 Å². The minimum absolute atomic E-state index is 0.0627. The molecule has 2 aromatic heterocycles. The van der Waals surface area contributed by atoms with Crippen LogP contribution in [0.5, 0.6) is 0 Å². The number of hydrogen-bond donors (Lipinski definition) is 3. The van der Waals surface area contributed by atoms with Crippen LogP contribution < -0.4 is 10.6 Å². The molecule has 49 heavy (non-hydrogen) atoms. The first-order valence-electron chi connectivity index (χ1n) is 16.6. The Kier molecular flexibility index (Phi) is 9.11. The van der Waals surface area contributed by atoms with Crippen molar-refractivity contribution in [2.75, 3.05) is 57.0 Å². The lowest BCUT2D eigenvalue weighted by atomic mass is 9.89. The standard InChI is InChI=1S/C36H39FN8O4/c1-3-38-35-43-42-33(49-35)26-6-4-23(5-7-26)24-14-17-45(18-15-24)31(46)21-44-19-16-36(22-44,48-2)34(47)39-28-12-13-30-29(20-28)32(41-40-30)25-8-10-27(37)11-9-25/h4-13,20,24H,3,14-19,21-22H2,1-2H3,(H,38,43)(H,39,47)(H,40,41)/t36-/m0/s1. The van der Waals surface area contributed by atoms with Crippen LogP contribution in [0.4, 0.5) is 16.1 Å². The Bertz CT molecular complexity index is 1930. The number of ether oxygens (including phenoxy) is 1. The van der Waals surface area contributed by atoms with Crippen molar-refractivity contribution in [3.8, 4) is 22.7 Å². The van der Waals surface area contributed by atoms with Crippen molar-refractivity contribution in [1.29, 1.82) is 0 Å². The van der Waals surface area contributed by atoms with E-state index in [4.69, 9.17) is 9.15 Å². The van der Waals surface area contributed by atoms with Crippen LogP contribution in [0, 0.1) is 5.82 Å². The maximum Gasteiger partial charge on any atom is 0.315 e. The number of anilines is 2. The fraction of sp³-hybridized carbons (Fsp3) is 0.361. The minimum Gasteiger partial charge on any atom is -0.403 e. The van der Waals surface area contributed by atoms with E-state index >= 15 is 0 Å². The summed E-state index contributed by atoms with van der Waals surface area (Å²) in [5.41, 5.74) is 3.84. The van der Waals surface area contributed by atoms with Gasteiger partial charge in [-0.2, -0.15) is 5.10 Å². The van der Waals surface area contributed by atoms with Crippen molar-refractivity contribution in [1.82, 2.24) is 30.2 Å². The molecule has 13 heteroatoms. The van der Waals surface area contributed by atoms with Crippen LogP contribution in [-0.2, 0) is 14.3 Å². The average molecular weight is 667 g/mol. The smallest absolute Gasteiger partial charge is 0.315 e. The average Bonchev–Trinajstić information content (AvgIpc) is 3.88. The molecule has 5 aromatic rings. The summed E-state index contributed by atoms with van der Waals surface area (Å²) in [6, 6.07) is 20.2. The summed E-state index contributed by atoms with van der Waals surface area (Å²) >= 11 is 0. The fourth-order valence-corrected chi connectivity index (χ4v) is 6.82. The van der Waals surface area contributed by atoms with Gasteiger partial charge in [0.05, 0.1) is 17.8 Å². The number of halogens is 1. The highest BCUT2D eigenvalue weighted by atomic mass is 19.1. The number of benzene rings is 3. The summed E-state index contributed by atoms with van der Waals surface area (Å²) < 4.78 is 25.0. The van der Waals surface area contributed by atoms with Gasteiger partial charge in [-0.05, 0) is 92.3 Å². The molecule has 0 aliphatic carbocycles. The second kappa shape index (κ2) is 13.8. The van der Waals surface area contributed by atoms with Gasteiger partial charge in [0.25, 0.3) is 5.91 Å².